The summed E-state index contributed by atoms with van der Waals surface area (Å²) >= 11 is 0. The van der Waals surface area contributed by atoms with E-state index in [4.69, 9.17) is 9.47 Å². The summed E-state index contributed by atoms with van der Waals surface area (Å²) in [6.07, 6.45) is 1.63. The number of anilines is 1. The number of nitro groups is 1. The first-order valence-corrected chi connectivity index (χ1v) is 15.5. The van der Waals surface area contributed by atoms with E-state index >= 15 is 0 Å². The third kappa shape index (κ3) is 8.25. The van der Waals surface area contributed by atoms with Crippen LogP contribution in [0.4, 0.5) is 11.4 Å². The first-order valence-electron chi connectivity index (χ1n) is 14.0. The number of amides is 2. The van der Waals surface area contributed by atoms with E-state index in [0.717, 1.165) is 23.2 Å². The molecule has 0 unspecified atom stereocenters. The third-order valence-corrected chi connectivity index (χ3v) is 8.88. The van der Waals surface area contributed by atoms with Crippen molar-refractivity contribution in [2.45, 2.75) is 51.1 Å². The van der Waals surface area contributed by atoms with Gasteiger partial charge in [0, 0.05) is 24.7 Å². The van der Waals surface area contributed by atoms with Gasteiger partial charge < -0.3 is 19.7 Å². The molecule has 0 spiro atoms. The first kappa shape index (κ1) is 33.8. The summed E-state index contributed by atoms with van der Waals surface area (Å²) in [7, 11) is -1.50. The number of nitrogens with one attached hydrogen (secondary N) is 1. The van der Waals surface area contributed by atoms with E-state index in [9.17, 15) is 28.1 Å². The molecule has 0 aliphatic rings. The lowest BCUT2D eigenvalue weighted by Gasteiger charge is -2.32. The number of carbonyl (C=O) groups excluding carboxylic acids is 2. The van der Waals surface area contributed by atoms with E-state index in [1.807, 2.05) is 6.92 Å². The Bertz CT molecular complexity index is 1560. The van der Waals surface area contributed by atoms with Crippen LogP contribution in [-0.4, -0.2) is 63.4 Å². The van der Waals surface area contributed by atoms with E-state index < -0.39 is 33.4 Å². The number of aryl methyl sites for hydroxylation is 1. The van der Waals surface area contributed by atoms with Crippen LogP contribution in [0.15, 0.2) is 71.6 Å². The summed E-state index contributed by atoms with van der Waals surface area (Å²) in [4.78, 5) is 39.0. The van der Waals surface area contributed by atoms with Crippen molar-refractivity contribution in [2.24, 2.45) is 0 Å². The van der Waals surface area contributed by atoms with Crippen LogP contribution in [0.3, 0.4) is 0 Å². The molecule has 1 atom stereocenters. The van der Waals surface area contributed by atoms with Crippen LogP contribution < -0.4 is 19.1 Å². The topological polar surface area (TPSA) is 148 Å². The number of unbranched alkanes of at least 4 members (excludes halogenated alkanes) is 1. The Morgan fingerprint density at radius 2 is 1.57 bits per heavy atom. The molecular weight excluding hydrogens is 588 g/mol. The van der Waals surface area contributed by atoms with Crippen molar-refractivity contribution in [3.05, 3.63) is 88.0 Å². The van der Waals surface area contributed by atoms with Crippen LogP contribution in [0.1, 0.15) is 37.8 Å². The molecule has 1 N–H and O–H groups in total. The number of benzene rings is 3. The third-order valence-electron chi connectivity index (χ3n) is 7.11. The average molecular weight is 627 g/mol. The number of ether oxygens (including phenoxy) is 2. The zero-order chi connectivity index (χ0) is 32.4. The molecule has 0 aliphatic heterocycles. The highest BCUT2D eigenvalue weighted by Crippen LogP contribution is 2.29. The molecule has 0 fully saturated rings. The van der Waals surface area contributed by atoms with Crippen LogP contribution >= 0.6 is 0 Å². The Labute approximate surface area is 257 Å². The van der Waals surface area contributed by atoms with Crippen molar-refractivity contribution >= 4 is 33.2 Å². The van der Waals surface area contributed by atoms with Gasteiger partial charge in [0.15, 0.2) is 0 Å². The fourth-order valence-electron chi connectivity index (χ4n) is 4.40. The highest BCUT2D eigenvalue weighted by atomic mass is 32.2. The second kappa shape index (κ2) is 15.2. The molecule has 236 valence electrons. The second-order valence-electron chi connectivity index (χ2n) is 10.1. The van der Waals surface area contributed by atoms with Gasteiger partial charge in [-0.3, -0.25) is 24.0 Å². The predicted molar refractivity (Wildman–Crippen MR) is 166 cm³/mol. The maximum Gasteiger partial charge on any atom is 0.273 e. The monoisotopic (exact) mass is 626 g/mol. The SMILES string of the molecule is CCCCNC(=O)[C@@H](C)N(Cc1ccc(OC)cc1)C(=O)CN(c1ccc(OC)cc1)S(=O)(=O)c1ccc(C)c([N+](=O)[O-])c1. The molecule has 0 saturated carbocycles. The van der Waals surface area contributed by atoms with Crippen molar-refractivity contribution in [2.75, 3.05) is 31.6 Å². The quantitative estimate of drug-likeness (QED) is 0.148. The van der Waals surface area contributed by atoms with Gasteiger partial charge in [0.2, 0.25) is 11.8 Å². The number of sulfonamides is 1. The normalized spacial score (nSPS) is 11.8. The Morgan fingerprint density at radius 3 is 2.11 bits per heavy atom. The number of hydrogen-bond acceptors (Lipinski definition) is 8. The van der Waals surface area contributed by atoms with Gasteiger partial charge in [-0.05, 0) is 68.3 Å². The lowest BCUT2D eigenvalue weighted by Crippen LogP contribution is -2.51. The molecule has 0 bridgehead atoms. The first-order chi connectivity index (χ1) is 20.9. The average Bonchev–Trinajstić information content (AvgIpc) is 3.02. The summed E-state index contributed by atoms with van der Waals surface area (Å²) in [5.74, 6) is 0.0381. The van der Waals surface area contributed by atoms with Crippen LogP contribution in [0.25, 0.3) is 0 Å². The largest absolute Gasteiger partial charge is 0.497 e. The van der Waals surface area contributed by atoms with Crippen LogP contribution in [0, 0.1) is 17.0 Å². The molecule has 2 amide bonds. The van der Waals surface area contributed by atoms with Crippen LogP contribution in [0.5, 0.6) is 11.5 Å². The molecule has 0 aliphatic carbocycles. The molecule has 0 aromatic heterocycles. The summed E-state index contributed by atoms with van der Waals surface area (Å²) in [5, 5.41) is 14.4. The van der Waals surface area contributed by atoms with Gasteiger partial charge >= 0.3 is 0 Å². The van der Waals surface area contributed by atoms with E-state index in [0.29, 0.717) is 23.6 Å². The van der Waals surface area contributed by atoms with Crippen LogP contribution in [-0.2, 0) is 26.2 Å². The molecule has 0 heterocycles. The van der Waals surface area contributed by atoms with Gasteiger partial charge in [0.1, 0.15) is 24.1 Å². The van der Waals surface area contributed by atoms with Crippen molar-refractivity contribution in [3.8, 4) is 11.5 Å². The van der Waals surface area contributed by atoms with Crippen molar-refractivity contribution in [1.82, 2.24) is 10.2 Å². The van der Waals surface area contributed by atoms with E-state index in [1.54, 1.807) is 43.3 Å². The van der Waals surface area contributed by atoms with Gasteiger partial charge in [-0.1, -0.05) is 31.5 Å². The van der Waals surface area contributed by atoms with Crippen LogP contribution in [0.2, 0.25) is 0 Å². The molecule has 12 nitrogen and oxygen atoms in total. The molecule has 3 aromatic carbocycles. The van der Waals surface area contributed by atoms with Crippen molar-refractivity contribution in [1.29, 1.82) is 0 Å². The molecule has 0 radical (unpaired) electrons. The lowest BCUT2D eigenvalue weighted by atomic mass is 10.1. The smallest absolute Gasteiger partial charge is 0.273 e. The Hall–Kier alpha value is -4.65. The highest BCUT2D eigenvalue weighted by molar-refractivity contribution is 7.92. The van der Waals surface area contributed by atoms with Gasteiger partial charge in [-0.15, -0.1) is 0 Å². The molecule has 3 aromatic rings. The fourth-order valence-corrected chi connectivity index (χ4v) is 5.83. The predicted octanol–water partition coefficient (Wildman–Crippen LogP) is 4.45. The zero-order valence-electron chi connectivity index (χ0n) is 25.5. The minimum absolute atomic E-state index is 0.0116. The molecular formula is C31H38N4O8S. The number of rotatable bonds is 15. The number of hydrogen-bond donors (Lipinski definition) is 1. The van der Waals surface area contributed by atoms with Crippen molar-refractivity contribution < 1.29 is 32.4 Å². The van der Waals surface area contributed by atoms with Gasteiger partial charge in [-0.25, -0.2) is 8.42 Å². The summed E-state index contributed by atoms with van der Waals surface area (Å²) in [6.45, 7) is 4.84. The molecule has 3 rings (SSSR count). The summed E-state index contributed by atoms with van der Waals surface area (Å²) in [5.41, 5.74) is 0.743. The maximum absolute atomic E-state index is 14.0. The van der Waals surface area contributed by atoms with Gasteiger partial charge in [0.05, 0.1) is 29.7 Å². The van der Waals surface area contributed by atoms with Gasteiger partial charge in [0.25, 0.3) is 15.7 Å². The summed E-state index contributed by atoms with van der Waals surface area (Å²) in [6, 6.07) is 15.6. The molecule has 13 heteroatoms. The number of nitrogens with zero attached hydrogens (tertiary/aromatic N) is 3. The minimum atomic E-state index is -4.50. The Morgan fingerprint density at radius 1 is 0.977 bits per heavy atom. The Kier molecular flexibility index (Phi) is 11.7. The van der Waals surface area contributed by atoms with Gasteiger partial charge in [-0.2, -0.15) is 0 Å². The number of carbonyl (C=O) groups is 2. The number of methoxy groups -OCH3 is 2. The fraction of sp³-hybridized carbons (Fsp3) is 0.355. The van der Waals surface area contributed by atoms with Crippen molar-refractivity contribution in [3.63, 3.8) is 0 Å². The summed E-state index contributed by atoms with van der Waals surface area (Å²) < 4.78 is 39.4. The lowest BCUT2D eigenvalue weighted by molar-refractivity contribution is -0.385. The van der Waals surface area contributed by atoms with E-state index in [1.165, 1.54) is 50.3 Å². The Balaban J connectivity index is 2.06. The number of nitro benzene ring substituents is 1. The molecule has 44 heavy (non-hydrogen) atoms. The van der Waals surface area contributed by atoms with E-state index in [2.05, 4.69) is 5.32 Å². The standard InChI is InChI=1S/C31H38N4O8S/c1-6-7-18-32-31(37)23(3)33(20-24-9-13-26(42-4)14-10-24)30(36)21-34(25-11-15-27(43-5)16-12-25)44(40,41)28-17-8-22(2)29(19-28)35(38)39/h8-17,19,23H,6-7,18,20-21H2,1-5H3,(H,32,37)/t23-/m1/s1. The molecule has 0 saturated heterocycles. The maximum atomic E-state index is 14.0. The second-order valence-corrected chi connectivity index (χ2v) is 12.0. The minimum Gasteiger partial charge on any atom is -0.497 e. The zero-order valence-corrected chi connectivity index (χ0v) is 26.3. The van der Waals surface area contributed by atoms with E-state index in [-0.39, 0.29) is 34.3 Å². The highest BCUT2D eigenvalue weighted by Gasteiger charge is 2.33.